The van der Waals surface area contributed by atoms with E-state index in [1.165, 1.54) is 6.92 Å². The Bertz CT molecular complexity index is 546. The van der Waals surface area contributed by atoms with Gasteiger partial charge >= 0.3 is 0 Å². The molecule has 0 saturated heterocycles. The Balaban J connectivity index is 1.90. The molecular formula is C17H18O3. The van der Waals surface area contributed by atoms with Crippen molar-refractivity contribution in [3.63, 3.8) is 0 Å². The fourth-order valence-electron chi connectivity index (χ4n) is 1.83. The predicted octanol–water partition coefficient (Wildman–Crippen LogP) is 2.76. The van der Waals surface area contributed by atoms with Crippen molar-refractivity contribution < 1.29 is 14.6 Å². The monoisotopic (exact) mass is 270 g/mol. The number of hydrogen-bond acceptors (Lipinski definition) is 3. The van der Waals surface area contributed by atoms with Gasteiger partial charge in [-0.2, -0.15) is 0 Å². The molecule has 3 nitrogen and oxygen atoms in total. The number of rotatable bonds is 6. The van der Waals surface area contributed by atoms with E-state index >= 15 is 0 Å². The standard InChI is InChI=1S/C17H18O3/c1-13(18)17(19)11-14-7-9-16(10-8-14)20-12-15-5-3-2-4-6-15/h2-10,17,19H,11-12H2,1H3. The molecule has 1 N–H and O–H groups in total. The molecule has 20 heavy (non-hydrogen) atoms. The summed E-state index contributed by atoms with van der Waals surface area (Å²) < 4.78 is 5.67. The van der Waals surface area contributed by atoms with Gasteiger partial charge in [-0.1, -0.05) is 42.5 Å². The second kappa shape index (κ2) is 6.87. The molecule has 1 unspecified atom stereocenters. The number of carbonyl (C=O) groups is 1. The Morgan fingerprint density at radius 1 is 1.05 bits per heavy atom. The smallest absolute Gasteiger partial charge is 0.158 e. The minimum atomic E-state index is -0.925. The zero-order valence-corrected chi connectivity index (χ0v) is 11.5. The van der Waals surface area contributed by atoms with Gasteiger partial charge in [0.2, 0.25) is 0 Å². The van der Waals surface area contributed by atoms with Gasteiger partial charge in [0.15, 0.2) is 5.78 Å². The van der Waals surface area contributed by atoms with E-state index in [-0.39, 0.29) is 5.78 Å². The van der Waals surface area contributed by atoms with E-state index < -0.39 is 6.10 Å². The topological polar surface area (TPSA) is 46.5 Å². The van der Waals surface area contributed by atoms with E-state index in [4.69, 9.17) is 4.74 Å². The van der Waals surface area contributed by atoms with Gasteiger partial charge in [0.25, 0.3) is 0 Å². The summed E-state index contributed by atoms with van der Waals surface area (Å²) in [6, 6.07) is 17.4. The number of ether oxygens (including phenoxy) is 1. The third-order valence-electron chi connectivity index (χ3n) is 3.07. The van der Waals surface area contributed by atoms with Gasteiger partial charge in [-0.3, -0.25) is 4.79 Å². The van der Waals surface area contributed by atoms with Crippen LogP contribution in [0.15, 0.2) is 54.6 Å². The van der Waals surface area contributed by atoms with Crippen LogP contribution in [0.25, 0.3) is 0 Å². The van der Waals surface area contributed by atoms with Crippen molar-refractivity contribution in [3.8, 4) is 5.75 Å². The van der Waals surface area contributed by atoms with Crippen molar-refractivity contribution >= 4 is 5.78 Å². The maximum absolute atomic E-state index is 11.0. The number of Topliss-reactive ketones (excluding diaryl/α,β-unsaturated/α-hetero) is 1. The highest BCUT2D eigenvalue weighted by atomic mass is 16.5. The average Bonchev–Trinajstić information content (AvgIpc) is 2.47. The summed E-state index contributed by atoms with van der Waals surface area (Å²) in [7, 11) is 0. The molecule has 3 heteroatoms. The Labute approximate surface area is 118 Å². The highest BCUT2D eigenvalue weighted by Crippen LogP contribution is 2.15. The van der Waals surface area contributed by atoms with Gasteiger partial charge < -0.3 is 9.84 Å². The summed E-state index contributed by atoms with van der Waals surface area (Å²) in [5.41, 5.74) is 2.03. The molecule has 0 aliphatic heterocycles. The lowest BCUT2D eigenvalue weighted by Crippen LogP contribution is -2.19. The molecular weight excluding hydrogens is 252 g/mol. The summed E-state index contributed by atoms with van der Waals surface area (Å²) in [6.07, 6.45) is -0.583. The Morgan fingerprint density at radius 2 is 1.70 bits per heavy atom. The quantitative estimate of drug-likeness (QED) is 0.878. The van der Waals surface area contributed by atoms with Gasteiger partial charge in [0.05, 0.1) is 0 Å². The van der Waals surface area contributed by atoms with Crippen LogP contribution in [0, 0.1) is 0 Å². The number of benzene rings is 2. The molecule has 0 aromatic heterocycles. The second-order valence-corrected chi connectivity index (χ2v) is 4.75. The number of aliphatic hydroxyl groups excluding tert-OH is 1. The van der Waals surface area contributed by atoms with E-state index in [9.17, 15) is 9.90 Å². The maximum Gasteiger partial charge on any atom is 0.158 e. The van der Waals surface area contributed by atoms with Crippen molar-refractivity contribution in [1.29, 1.82) is 0 Å². The molecule has 0 heterocycles. The summed E-state index contributed by atoms with van der Waals surface area (Å²) >= 11 is 0. The SMILES string of the molecule is CC(=O)C(O)Cc1ccc(OCc2ccccc2)cc1. The molecule has 0 aliphatic carbocycles. The lowest BCUT2D eigenvalue weighted by molar-refractivity contribution is -0.124. The van der Waals surface area contributed by atoms with E-state index in [0.717, 1.165) is 16.9 Å². The largest absolute Gasteiger partial charge is 0.489 e. The molecule has 0 fully saturated rings. The zero-order chi connectivity index (χ0) is 14.4. The van der Waals surface area contributed by atoms with Crippen LogP contribution in [-0.2, 0) is 17.8 Å². The van der Waals surface area contributed by atoms with Gasteiger partial charge in [-0.15, -0.1) is 0 Å². The normalized spacial score (nSPS) is 11.9. The van der Waals surface area contributed by atoms with Crippen LogP contribution in [0.4, 0.5) is 0 Å². The molecule has 0 aliphatic rings. The van der Waals surface area contributed by atoms with Crippen molar-refractivity contribution in [2.24, 2.45) is 0 Å². The highest BCUT2D eigenvalue weighted by molar-refractivity contribution is 5.80. The van der Waals surface area contributed by atoms with Crippen molar-refractivity contribution in [1.82, 2.24) is 0 Å². The lowest BCUT2D eigenvalue weighted by Gasteiger charge is -2.09. The maximum atomic E-state index is 11.0. The minimum absolute atomic E-state index is 0.214. The molecule has 0 amide bonds. The molecule has 2 aromatic rings. The first kappa shape index (κ1) is 14.3. The number of carbonyl (C=O) groups excluding carboxylic acids is 1. The Morgan fingerprint density at radius 3 is 2.30 bits per heavy atom. The number of hydrogen-bond donors (Lipinski definition) is 1. The molecule has 2 aromatic carbocycles. The van der Waals surface area contributed by atoms with Crippen LogP contribution in [0.3, 0.4) is 0 Å². The second-order valence-electron chi connectivity index (χ2n) is 4.75. The third kappa shape index (κ3) is 4.21. The molecule has 2 rings (SSSR count). The fourth-order valence-corrected chi connectivity index (χ4v) is 1.83. The first-order chi connectivity index (χ1) is 9.65. The van der Waals surface area contributed by atoms with Gasteiger partial charge in [0, 0.05) is 6.42 Å². The molecule has 0 radical (unpaired) electrons. The van der Waals surface area contributed by atoms with Gasteiger partial charge in [0.1, 0.15) is 18.5 Å². The van der Waals surface area contributed by atoms with Crippen LogP contribution in [0.2, 0.25) is 0 Å². The molecule has 1 atom stereocenters. The van der Waals surface area contributed by atoms with E-state index in [1.54, 1.807) is 0 Å². The van der Waals surface area contributed by atoms with E-state index in [0.29, 0.717) is 13.0 Å². The van der Waals surface area contributed by atoms with Gasteiger partial charge in [-0.25, -0.2) is 0 Å². The summed E-state index contributed by atoms with van der Waals surface area (Å²) in [5, 5.41) is 9.52. The van der Waals surface area contributed by atoms with Crippen LogP contribution < -0.4 is 4.74 Å². The van der Waals surface area contributed by atoms with E-state index in [1.807, 2.05) is 54.6 Å². The van der Waals surface area contributed by atoms with Crippen molar-refractivity contribution in [2.75, 3.05) is 0 Å². The first-order valence-electron chi connectivity index (χ1n) is 6.59. The molecule has 0 spiro atoms. The lowest BCUT2D eigenvalue weighted by atomic mass is 10.1. The zero-order valence-electron chi connectivity index (χ0n) is 11.5. The molecule has 104 valence electrons. The Hall–Kier alpha value is -2.13. The molecule has 0 bridgehead atoms. The Kier molecular flexibility index (Phi) is 4.91. The highest BCUT2D eigenvalue weighted by Gasteiger charge is 2.10. The van der Waals surface area contributed by atoms with E-state index in [2.05, 4.69) is 0 Å². The summed E-state index contributed by atoms with van der Waals surface area (Å²) in [4.78, 5) is 11.0. The summed E-state index contributed by atoms with van der Waals surface area (Å²) in [5.74, 6) is 0.560. The van der Waals surface area contributed by atoms with Crippen molar-refractivity contribution in [3.05, 3.63) is 65.7 Å². The fraction of sp³-hybridized carbons (Fsp3) is 0.235. The van der Waals surface area contributed by atoms with Gasteiger partial charge in [-0.05, 0) is 30.2 Å². The first-order valence-corrected chi connectivity index (χ1v) is 6.59. The average molecular weight is 270 g/mol. The van der Waals surface area contributed by atoms with Crippen LogP contribution >= 0.6 is 0 Å². The number of ketones is 1. The van der Waals surface area contributed by atoms with Crippen LogP contribution in [0.1, 0.15) is 18.1 Å². The minimum Gasteiger partial charge on any atom is -0.489 e. The number of aliphatic hydroxyl groups is 1. The third-order valence-corrected chi connectivity index (χ3v) is 3.07. The van der Waals surface area contributed by atoms with Crippen LogP contribution in [-0.4, -0.2) is 17.0 Å². The van der Waals surface area contributed by atoms with Crippen molar-refractivity contribution in [2.45, 2.75) is 26.1 Å². The van der Waals surface area contributed by atoms with Crippen LogP contribution in [0.5, 0.6) is 5.75 Å². The molecule has 0 saturated carbocycles. The predicted molar refractivity (Wildman–Crippen MR) is 77.6 cm³/mol. The summed E-state index contributed by atoms with van der Waals surface area (Å²) in [6.45, 7) is 1.91.